The summed E-state index contributed by atoms with van der Waals surface area (Å²) in [6.45, 7) is 3.81. The van der Waals surface area contributed by atoms with Gasteiger partial charge >= 0.3 is 5.97 Å². The average Bonchev–Trinajstić information content (AvgIpc) is 2.71. The lowest BCUT2D eigenvalue weighted by molar-refractivity contribution is -0.146. The van der Waals surface area contributed by atoms with Crippen LogP contribution >= 0.6 is 0 Å². The van der Waals surface area contributed by atoms with Crippen molar-refractivity contribution in [2.24, 2.45) is 17.8 Å². The van der Waals surface area contributed by atoms with E-state index in [9.17, 15) is 18.9 Å². The number of carboxylic acid groups (broad SMARTS) is 1. The maximum absolute atomic E-state index is 12.1. The molecule has 0 bridgehead atoms. The summed E-state index contributed by atoms with van der Waals surface area (Å²) in [5.74, 6) is -1.41. The van der Waals surface area contributed by atoms with Crippen LogP contribution in [-0.4, -0.2) is 39.2 Å². The van der Waals surface area contributed by atoms with Crippen LogP contribution in [0.2, 0.25) is 0 Å². The Kier molecular flexibility index (Phi) is 5.97. The molecule has 0 saturated heterocycles. The fraction of sp³-hybridized carbons (Fsp3) is 0.846. The smallest absolute Gasteiger partial charge is 0.307 e. The SMILES string of the molecule is CCC1C[C@H](C(=O)NC(C)CS(C)=O)[C@H](C(=O)O)C1. The minimum Gasteiger partial charge on any atom is -0.481 e. The molecule has 3 unspecified atom stereocenters. The molecule has 0 radical (unpaired) electrons. The summed E-state index contributed by atoms with van der Waals surface area (Å²) >= 11 is 0. The standard InChI is InChI=1S/C13H23NO4S/c1-4-9-5-10(11(6-9)13(16)17)12(15)14-8(2)7-19(3)18/h8-11H,4-7H2,1-3H3,(H,14,15)(H,16,17)/t8?,9?,10-,11+,19?/m0/s1. The zero-order valence-corrected chi connectivity index (χ0v) is 12.5. The molecule has 6 heteroatoms. The van der Waals surface area contributed by atoms with Gasteiger partial charge in [0.05, 0.1) is 11.8 Å². The topological polar surface area (TPSA) is 83.5 Å². The van der Waals surface area contributed by atoms with Gasteiger partial charge in [-0.15, -0.1) is 0 Å². The van der Waals surface area contributed by atoms with Gasteiger partial charge in [0.15, 0.2) is 0 Å². The fourth-order valence-corrected chi connectivity index (χ4v) is 3.57. The highest BCUT2D eigenvalue weighted by atomic mass is 32.2. The highest BCUT2D eigenvalue weighted by molar-refractivity contribution is 7.84. The summed E-state index contributed by atoms with van der Waals surface area (Å²) in [6.07, 6.45) is 3.72. The molecule has 110 valence electrons. The predicted molar refractivity (Wildman–Crippen MR) is 74.2 cm³/mol. The molecule has 1 aliphatic rings. The van der Waals surface area contributed by atoms with Crippen LogP contribution in [0.3, 0.4) is 0 Å². The van der Waals surface area contributed by atoms with E-state index >= 15 is 0 Å². The second kappa shape index (κ2) is 7.03. The molecular formula is C13H23NO4S. The second-order valence-electron chi connectivity index (χ2n) is 5.45. The van der Waals surface area contributed by atoms with Gasteiger partial charge in [0.1, 0.15) is 0 Å². The normalized spacial score (nSPS) is 29.7. The minimum atomic E-state index is -0.971. The highest BCUT2D eigenvalue weighted by Gasteiger charge is 2.42. The van der Waals surface area contributed by atoms with E-state index in [0.717, 1.165) is 6.42 Å². The Balaban J connectivity index is 2.63. The number of carboxylic acids is 1. The first-order valence-corrected chi connectivity index (χ1v) is 8.41. The summed E-state index contributed by atoms with van der Waals surface area (Å²) in [4.78, 5) is 23.4. The van der Waals surface area contributed by atoms with Crippen molar-refractivity contribution < 1.29 is 18.9 Å². The summed E-state index contributed by atoms with van der Waals surface area (Å²) in [6, 6.07) is -0.187. The predicted octanol–water partition coefficient (Wildman–Crippen LogP) is 1.01. The molecule has 1 fully saturated rings. The molecule has 1 amide bonds. The van der Waals surface area contributed by atoms with Crippen molar-refractivity contribution in [2.75, 3.05) is 12.0 Å². The van der Waals surface area contributed by atoms with Crippen molar-refractivity contribution in [3.8, 4) is 0 Å². The number of amides is 1. The van der Waals surface area contributed by atoms with Crippen LogP contribution in [0.15, 0.2) is 0 Å². The van der Waals surface area contributed by atoms with Gasteiger partial charge in [0, 0.05) is 28.9 Å². The Labute approximate surface area is 116 Å². The van der Waals surface area contributed by atoms with Crippen LogP contribution in [0.5, 0.6) is 0 Å². The lowest BCUT2D eigenvalue weighted by atomic mass is 9.95. The Bertz CT molecular complexity index is 372. The maximum atomic E-state index is 12.1. The molecule has 5 nitrogen and oxygen atoms in total. The molecule has 19 heavy (non-hydrogen) atoms. The summed E-state index contributed by atoms with van der Waals surface area (Å²) in [5, 5.41) is 12.0. The van der Waals surface area contributed by atoms with Gasteiger partial charge in [0.2, 0.25) is 5.91 Å². The van der Waals surface area contributed by atoms with E-state index in [-0.39, 0.29) is 11.9 Å². The molecule has 1 rings (SSSR count). The molecule has 0 aromatic heterocycles. The molecule has 2 N–H and O–H groups in total. The zero-order valence-electron chi connectivity index (χ0n) is 11.7. The summed E-state index contributed by atoms with van der Waals surface area (Å²) in [5.41, 5.74) is 0. The molecule has 0 aliphatic heterocycles. The van der Waals surface area contributed by atoms with Crippen molar-refractivity contribution in [1.29, 1.82) is 0 Å². The van der Waals surface area contributed by atoms with Crippen molar-refractivity contribution in [3.05, 3.63) is 0 Å². The number of carbonyl (C=O) groups excluding carboxylic acids is 1. The molecule has 5 atom stereocenters. The van der Waals surface area contributed by atoms with Crippen LogP contribution in [0.4, 0.5) is 0 Å². The Hall–Kier alpha value is -0.910. The molecular weight excluding hydrogens is 266 g/mol. The Morgan fingerprint density at radius 2 is 1.95 bits per heavy atom. The van der Waals surface area contributed by atoms with Gasteiger partial charge in [-0.05, 0) is 25.7 Å². The van der Waals surface area contributed by atoms with Gasteiger partial charge < -0.3 is 10.4 Å². The molecule has 0 aromatic carbocycles. The Morgan fingerprint density at radius 1 is 1.37 bits per heavy atom. The summed E-state index contributed by atoms with van der Waals surface area (Å²) in [7, 11) is -0.971. The lowest BCUT2D eigenvalue weighted by Gasteiger charge is -2.19. The highest BCUT2D eigenvalue weighted by Crippen LogP contribution is 2.38. The van der Waals surface area contributed by atoms with Gasteiger partial charge in [0.25, 0.3) is 0 Å². The first-order valence-electron chi connectivity index (χ1n) is 6.68. The van der Waals surface area contributed by atoms with Crippen LogP contribution < -0.4 is 5.32 Å². The number of aliphatic carboxylic acids is 1. The van der Waals surface area contributed by atoms with E-state index in [0.29, 0.717) is 24.5 Å². The molecule has 0 spiro atoms. The van der Waals surface area contributed by atoms with Crippen LogP contribution in [0.1, 0.15) is 33.1 Å². The minimum absolute atomic E-state index is 0.187. The van der Waals surface area contributed by atoms with E-state index < -0.39 is 28.6 Å². The molecule has 0 aromatic rings. The monoisotopic (exact) mass is 289 g/mol. The van der Waals surface area contributed by atoms with Crippen molar-refractivity contribution >= 4 is 22.7 Å². The van der Waals surface area contributed by atoms with E-state index in [1.165, 1.54) is 0 Å². The third-order valence-electron chi connectivity index (χ3n) is 3.76. The van der Waals surface area contributed by atoms with Crippen LogP contribution in [-0.2, 0) is 20.4 Å². The van der Waals surface area contributed by atoms with Gasteiger partial charge in [-0.1, -0.05) is 13.3 Å². The first-order chi connectivity index (χ1) is 8.85. The lowest BCUT2D eigenvalue weighted by Crippen LogP contribution is -2.42. The van der Waals surface area contributed by atoms with Crippen molar-refractivity contribution in [1.82, 2.24) is 5.32 Å². The quantitative estimate of drug-likeness (QED) is 0.764. The van der Waals surface area contributed by atoms with Crippen molar-refractivity contribution in [2.45, 2.75) is 39.2 Å². The Morgan fingerprint density at radius 3 is 2.42 bits per heavy atom. The fourth-order valence-electron chi connectivity index (χ4n) is 2.78. The number of carbonyl (C=O) groups is 2. The number of nitrogens with one attached hydrogen (secondary N) is 1. The molecule has 1 saturated carbocycles. The molecule has 1 aliphatic carbocycles. The largest absolute Gasteiger partial charge is 0.481 e. The van der Waals surface area contributed by atoms with E-state index in [4.69, 9.17) is 0 Å². The number of hydrogen-bond acceptors (Lipinski definition) is 3. The van der Waals surface area contributed by atoms with Crippen LogP contribution in [0, 0.1) is 17.8 Å². The summed E-state index contributed by atoms with van der Waals surface area (Å²) < 4.78 is 11.1. The number of rotatable bonds is 6. The van der Waals surface area contributed by atoms with Crippen molar-refractivity contribution in [3.63, 3.8) is 0 Å². The van der Waals surface area contributed by atoms with E-state index in [1.54, 1.807) is 13.2 Å². The zero-order chi connectivity index (χ0) is 14.6. The third kappa shape index (κ3) is 4.60. The second-order valence-corrected chi connectivity index (χ2v) is 6.93. The first kappa shape index (κ1) is 16.1. The maximum Gasteiger partial charge on any atom is 0.307 e. The third-order valence-corrected chi connectivity index (χ3v) is 4.73. The average molecular weight is 289 g/mol. The van der Waals surface area contributed by atoms with E-state index in [2.05, 4.69) is 5.32 Å². The van der Waals surface area contributed by atoms with Crippen LogP contribution in [0.25, 0.3) is 0 Å². The van der Waals surface area contributed by atoms with Gasteiger partial charge in [-0.25, -0.2) is 0 Å². The van der Waals surface area contributed by atoms with Gasteiger partial charge in [-0.3, -0.25) is 13.8 Å². The van der Waals surface area contributed by atoms with Gasteiger partial charge in [-0.2, -0.15) is 0 Å². The van der Waals surface area contributed by atoms with E-state index in [1.807, 2.05) is 6.92 Å². The number of hydrogen-bond donors (Lipinski definition) is 2. The molecule has 0 heterocycles.